The van der Waals surface area contributed by atoms with Gasteiger partial charge in [-0.25, -0.2) is 13.4 Å². The van der Waals surface area contributed by atoms with Crippen LogP contribution < -0.4 is 5.32 Å². The molecule has 0 bridgehead atoms. The number of thiazole rings is 1. The number of carbonyl (C=O) groups is 1. The fraction of sp³-hybridized carbons (Fsp3) is 0.429. The molecule has 1 unspecified atom stereocenters. The van der Waals surface area contributed by atoms with Crippen LogP contribution in [0.3, 0.4) is 0 Å². The zero-order chi connectivity index (χ0) is 15.9. The predicted octanol–water partition coefficient (Wildman–Crippen LogP) is 1.50. The summed E-state index contributed by atoms with van der Waals surface area (Å²) in [5.41, 5.74) is 0.796. The number of aryl methyl sites for hydroxylation is 1. The zero-order valence-electron chi connectivity index (χ0n) is 12.4. The van der Waals surface area contributed by atoms with Crippen molar-refractivity contribution in [3.8, 4) is 0 Å². The molecule has 22 heavy (non-hydrogen) atoms. The van der Waals surface area contributed by atoms with Gasteiger partial charge in [-0.2, -0.15) is 4.31 Å². The number of sulfonamides is 1. The summed E-state index contributed by atoms with van der Waals surface area (Å²) < 4.78 is 27.9. The van der Waals surface area contributed by atoms with Gasteiger partial charge >= 0.3 is 0 Å². The number of carbonyl (C=O) groups excluding carboxylic acids is 1. The first kappa shape index (κ1) is 15.4. The summed E-state index contributed by atoms with van der Waals surface area (Å²) >= 11 is 1.46. The molecule has 6 nitrogen and oxygen atoms in total. The van der Waals surface area contributed by atoms with Crippen molar-refractivity contribution in [1.82, 2.24) is 14.6 Å². The average Bonchev–Trinajstić information content (AvgIpc) is 2.85. The first-order chi connectivity index (χ1) is 10.4. The van der Waals surface area contributed by atoms with Gasteiger partial charge in [0.2, 0.25) is 15.9 Å². The Hall–Kier alpha value is -1.51. The largest absolute Gasteiger partial charge is 0.353 e. The fourth-order valence-electron chi connectivity index (χ4n) is 2.69. The number of benzene rings is 1. The minimum Gasteiger partial charge on any atom is -0.353 e. The number of amides is 1. The van der Waals surface area contributed by atoms with Crippen LogP contribution in [0.25, 0.3) is 10.2 Å². The molecular weight excluding hydrogens is 322 g/mol. The molecule has 0 spiro atoms. The summed E-state index contributed by atoms with van der Waals surface area (Å²) in [6, 6.07) is 4.29. The number of hydrogen-bond donors (Lipinski definition) is 1. The molecular formula is C14H17N3O3S2. The quantitative estimate of drug-likeness (QED) is 0.919. The van der Waals surface area contributed by atoms with E-state index in [0.29, 0.717) is 19.5 Å². The monoisotopic (exact) mass is 339 g/mol. The topological polar surface area (TPSA) is 79.4 Å². The van der Waals surface area contributed by atoms with E-state index < -0.39 is 16.1 Å². The van der Waals surface area contributed by atoms with Gasteiger partial charge in [0.25, 0.3) is 0 Å². The van der Waals surface area contributed by atoms with Crippen LogP contribution in [0.15, 0.2) is 23.1 Å². The van der Waals surface area contributed by atoms with Gasteiger partial charge in [0, 0.05) is 13.1 Å². The van der Waals surface area contributed by atoms with Crippen LogP contribution >= 0.6 is 11.3 Å². The molecule has 1 fully saturated rings. The molecule has 3 rings (SSSR count). The maximum absolute atomic E-state index is 12.9. The third kappa shape index (κ3) is 2.51. The van der Waals surface area contributed by atoms with Crippen LogP contribution in [-0.4, -0.2) is 42.7 Å². The second-order valence-corrected chi connectivity index (χ2v) is 8.32. The number of piperazine rings is 1. The Morgan fingerprint density at radius 1 is 1.45 bits per heavy atom. The molecule has 1 saturated heterocycles. The molecule has 0 aliphatic carbocycles. The van der Waals surface area contributed by atoms with Crippen LogP contribution in [-0.2, 0) is 14.8 Å². The summed E-state index contributed by atoms with van der Waals surface area (Å²) in [6.45, 7) is 4.34. The molecule has 2 aromatic rings. The SMILES string of the molecule is CCC1C(=O)NCCN1S(=O)(=O)c1ccc2nc(C)sc2c1. The molecule has 2 heterocycles. The van der Waals surface area contributed by atoms with Gasteiger partial charge in [-0.3, -0.25) is 4.79 Å². The molecule has 1 aliphatic heterocycles. The maximum atomic E-state index is 12.9. The van der Waals surface area contributed by atoms with Crippen molar-refractivity contribution in [2.45, 2.75) is 31.2 Å². The highest BCUT2D eigenvalue weighted by atomic mass is 32.2. The summed E-state index contributed by atoms with van der Waals surface area (Å²) in [5, 5.41) is 3.61. The van der Waals surface area contributed by atoms with Crippen molar-refractivity contribution in [3.63, 3.8) is 0 Å². The fourth-order valence-corrected chi connectivity index (χ4v) is 5.32. The number of fused-ring (bicyclic) bond motifs is 1. The third-order valence-corrected chi connectivity index (χ3v) is 6.58. The van der Waals surface area contributed by atoms with Gasteiger partial charge in [0.1, 0.15) is 6.04 Å². The molecule has 118 valence electrons. The van der Waals surface area contributed by atoms with Crippen molar-refractivity contribution in [3.05, 3.63) is 23.2 Å². The Kier molecular flexibility index (Phi) is 3.92. The van der Waals surface area contributed by atoms with E-state index in [1.807, 2.05) is 13.8 Å². The van der Waals surface area contributed by atoms with E-state index in [0.717, 1.165) is 15.2 Å². The van der Waals surface area contributed by atoms with E-state index in [1.54, 1.807) is 18.2 Å². The normalized spacial score (nSPS) is 20.3. The number of nitrogens with zero attached hydrogens (tertiary/aromatic N) is 2. The second kappa shape index (κ2) is 5.60. The van der Waals surface area contributed by atoms with E-state index in [2.05, 4.69) is 10.3 Å². The Bertz CT molecular complexity index is 829. The third-order valence-electron chi connectivity index (χ3n) is 3.74. The van der Waals surface area contributed by atoms with Crippen LogP contribution in [0.4, 0.5) is 0 Å². The van der Waals surface area contributed by atoms with Crippen molar-refractivity contribution in [1.29, 1.82) is 0 Å². The summed E-state index contributed by atoms with van der Waals surface area (Å²) in [5.74, 6) is -0.230. The maximum Gasteiger partial charge on any atom is 0.243 e. The number of rotatable bonds is 3. The van der Waals surface area contributed by atoms with E-state index in [1.165, 1.54) is 15.6 Å². The minimum atomic E-state index is -3.69. The lowest BCUT2D eigenvalue weighted by molar-refractivity contribution is -0.126. The van der Waals surface area contributed by atoms with E-state index in [-0.39, 0.29) is 10.8 Å². The highest BCUT2D eigenvalue weighted by Gasteiger charge is 2.37. The number of nitrogens with one attached hydrogen (secondary N) is 1. The first-order valence-corrected chi connectivity index (χ1v) is 9.36. The lowest BCUT2D eigenvalue weighted by Crippen LogP contribution is -2.56. The van der Waals surface area contributed by atoms with Crippen LogP contribution in [0.1, 0.15) is 18.4 Å². The predicted molar refractivity (Wildman–Crippen MR) is 85.3 cm³/mol. The Labute approximate surface area is 133 Å². The van der Waals surface area contributed by atoms with E-state index in [4.69, 9.17) is 0 Å². The molecule has 1 aromatic carbocycles. The standard InChI is InChI=1S/C14H17N3O3S2/c1-3-12-14(18)15-6-7-17(12)22(19,20)10-4-5-11-13(8-10)21-9(2)16-11/h4-5,8,12H,3,6-7H2,1-2H3,(H,15,18). The van der Waals surface area contributed by atoms with Gasteiger partial charge in [-0.05, 0) is 31.5 Å². The van der Waals surface area contributed by atoms with Gasteiger partial charge in [0.05, 0.1) is 20.1 Å². The molecule has 1 atom stereocenters. The van der Waals surface area contributed by atoms with Crippen molar-refractivity contribution < 1.29 is 13.2 Å². The highest BCUT2D eigenvalue weighted by molar-refractivity contribution is 7.89. The minimum absolute atomic E-state index is 0.219. The number of hydrogen-bond acceptors (Lipinski definition) is 5. The molecule has 1 amide bonds. The van der Waals surface area contributed by atoms with Gasteiger partial charge in [-0.15, -0.1) is 11.3 Å². The molecule has 1 aliphatic rings. The zero-order valence-corrected chi connectivity index (χ0v) is 14.0. The van der Waals surface area contributed by atoms with E-state index in [9.17, 15) is 13.2 Å². The van der Waals surface area contributed by atoms with Crippen LogP contribution in [0, 0.1) is 6.92 Å². The summed E-state index contributed by atoms with van der Waals surface area (Å²) in [6.07, 6.45) is 0.451. The molecule has 1 aromatic heterocycles. The Morgan fingerprint density at radius 3 is 2.95 bits per heavy atom. The van der Waals surface area contributed by atoms with E-state index >= 15 is 0 Å². The molecule has 0 radical (unpaired) electrons. The summed E-state index contributed by atoms with van der Waals surface area (Å²) in [4.78, 5) is 16.5. The highest BCUT2D eigenvalue weighted by Crippen LogP contribution is 2.27. The van der Waals surface area contributed by atoms with Gasteiger partial charge in [-0.1, -0.05) is 6.92 Å². The van der Waals surface area contributed by atoms with Crippen LogP contribution in [0.2, 0.25) is 0 Å². The smallest absolute Gasteiger partial charge is 0.243 e. The second-order valence-electron chi connectivity index (χ2n) is 5.19. The lowest BCUT2D eigenvalue weighted by Gasteiger charge is -2.33. The average molecular weight is 339 g/mol. The van der Waals surface area contributed by atoms with Crippen molar-refractivity contribution >= 4 is 37.5 Å². The molecule has 0 saturated carbocycles. The lowest BCUT2D eigenvalue weighted by atomic mass is 10.2. The van der Waals surface area contributed by atoms with Crippen molar-refractivity contribution in [2.24, 2.45) is 0 Å². The Morgan fingerprint density at radius 2 is 2.23 bits per heavy atom. The molecule has 8 heteroatoms. The van der Waals surface area contributed by atoms with Crippen molar-refractivity contribution in [2.75, 3.05) is 13.1 Å². The van der Waals surface area contributed by atoms with Gasteiger partial charge in [0.15, 0.2) is 0 Å². The molecule has 1 N–H and O–H groups in total. The van der Waals surface area contributed by atoms with Gasteiger partial charge < -0.3 is 5.32 Å². The Balaban J connectivity index is 2.04. The van der Waals surface area contributed by atoms with Crippen LogP contribution in [0.5, 0.6) is 0 Å². The number of aromatic nitrogens is 1. The summed E-state index contributed by atoms with van der Waals surface area (Å²) in [7, 11) is -3.69. The first-order valence-electron chi connectivity index (χ1n) is 7.10.